The van der Waals surface area contributed by atoms with Crippen molar-refractivity contribution in [3.05, 3.63) is 35.4 Å². The van der Waals surface area contributed by atoms with Crippen LogP contribution in [0.1, 0.15) is 63.2 Å². The van der Waals surface area contributed by atoms with Crippen LogP contribution in [-0.4, -0.2) is 29.1 Å². The Morgan fingerprint density at radius 2 is 1.79 bits per heavy atom. The second kappa shape index (κ2) is 6.06. The zero-order valence-electron chi connectivity index (χ0n) is 12.6. The van der Waals surface area contributed by atoms with E-state index < -0.39 is 0 Å². The molecule has 0 saturated heterocycles. The third kappa shape index (κ3) is 2.70. The maximum absolute atomic E-state index is 10.7. The maximum Gasteiger partial charge on any atom is 0.0948 e. The van der Waals surface area contributed by atoms with Gasteiger partial charge < -0.3 is 5.11 Å². The maximum atomic E-state index is 10.7. The first-order valence-electron chi connectivity index (χ1n) is 7.58. The summed E-state index contributed by atoms with van der Waals surface area (Å²) >= 11 is 0. The molecule has 0 radical (unpaired) electrons. The van der Waals surface area contributed by atoms with Crippen LogP contribution in [0.4, 0.5) is 0 Å². The highest BCUT2D eigenvalue weighted by molar-refractivity contribution is 5.35. The number of aliphatic hydroxyl groups is 1. The molecular weight excluding hydrogens is 234 g/mol. The molecule has 3 atom stereocenters. The van der Waals surface area contributed by atoms with Crippen molar-refractivity contribution in [3.8, 4) is 0 Å². The molecule has 3 unspecified atom stereocenters. The first kappa shape index (κ1) is 14.5. The normalized spacial score (nSPS) is 26.8. The number of likely N-dealkylation sites (N-methyl/N-ethyl adjacent to an activating group) is 1. The summed E-state index contributed by atoms with van der Waals surface area (Å²) in [5.74, 6) is 0.529. The van der Waals surface area contributed by atoms with E-state index in [2.05, 4.69) is 50.9 Å². The van der Waals surface area contributed by atoms with Crippen molar-refractivity contribution in [2.75, 3.05) is 7.05 Å². The minimum Gasteiger partial charge on any atom is -0.387 e. The van der Waals surface area contributed by atoms with Gasteiger partial charge in [-0.2, -0.15) is 0 Å². The third-order valence-corrected chi connectivity index (χ3v) is 4.85. The number of rotatable bonds is 4. The van der Waals surface area contributed by atoms with Gasteiger partial charge in [0.25, 0.3) is 0 Å². The molecule has 2 heteroatoms. The molecule has 0 spiro atoms. The molecule has 0 aromatic heterocycles. The molecule has 1 N–H and O–H groups in total. The number of benzene rings is 1. The van der Waals surface area contributed by atoms with E-state index in [-0.39, 0.29) is 12.1 Å². The van der Waals surface area contributed by atoms with E-state index in [1.54, 1.807) is 0 Å². The van der Waals surface area contributed by atoms with Crippen LogP contribution in [0, 0.1) is 0 Å². The Kier molecular flexibility index (Phi) is 4.64. The van der Waals surface area contributed by atoms with Gasteiger partial charge in [0.1, 0.15) is 0 Å². The lowest BCUT2D eigenvalue weighted by molar-refractivity contribution is 0.0212. The quantitative estimate of drug-likeness (QED) is 0.893. The smallest absolute Gasteiger partial charge is 0.0948 e. The number of hydrogen-bond donors (Lipinski definition) is 1. The van der Waals surface area contributed by atoms with E-state index in [0.29, 0.717) is 12.0 Å². The van der Waals surface area contributed by atoms with Crippen LogP contribution in [0.15, 0.2) is 24.3 Å². The zero-order chi connectivity index (χ0) is 14.0. The van der Waals surface area contributed by atoms with E-state index >= 15 is 0 Å². The van der Waals surface area contributed by atoms with Crippen LogP contribution in [0.2, 0.25) is 0 Å². The summed E-state index contributed by atoms with van der Waals surface area (Å²) in [5.41, 5.74) is 2.45. The molecule has 0 fully saturated rings. The molecule has 0 aliphatic heterocycles. The molecule has 2 nitrogen and oxygen atoms in total. The van der Waals surface area contributed by atoms with Crippen LogP contribution in [0.5, 0.6) is 0 Å². The van der Waals surface area contributed by atoms with E-state index in [4.69, 9.17) is 0 Å². The minimum absolute atomic E-state index is 0.245. The van der Waals surface area contributed by atoms with E-state index in [1.807, 2.05) is 6.07 Å². The highest BCUT2D eigenvalue weighted by Gasteiger charge is 2.35. The van der Waals surface area contributed by atoms with Gasteiger partial charge in [0.15, 0.2) is 0 Å². The fourth-order valence-electron chi connectivity index (χ4n) is 3.58. The fourth-order valence-corrected chi connectivity index (χ4v) is 3.58. The average Bonchev–Trinajstić information content (AvgIpc) is 2.44. The number of fused-ring (bicyclic) bond motifs is 1. The Morgan fingerprint density at radius 1 is 1.21 bits per heavy atom. The van der Waals surface area contributed by atoms with Crippen LogP contribution in [-0.2, 0) is 0 Å². The summed E-state index contributed by atoms with van der Waals surface area (Å²) in [7, 11) is 2.17. The van der Waals surface area contributed by atoms with Crippen molar-refractivity contribution in [3.63, 3.8) is 0 Å². The Hall–Kier alpha value is -0.860. The molecular formula is C17H27NO. The van der Waals surface area contributed by atoms with E-state index in [1.165, 1.54) is 5.56 Å². The van der Waals surface area contributed by atoms with Gasteiger partial charge in [-0.25, -0.2) is 0 Å². The first-order chi connectivity index (χ1) is 9.10. The molecule has 2 rings (SSSR count). The number of aliphatic hydroxyl groups excluding tert-OH is 1. The third-order valence-electron chi connectivity index (χ3n) is 4.85. The van der Waals surface area contributed by atoms with Gasteiger partial charge in [-0.3, -0.25) is 4.90 Å². The zero-order valence-corrected chi connectivity index (χ0v) is 12.6. The van der Waals surface area contributed by atoms with Crippen LogP contribution in [0.25, 0.3) is 0 Å². The van der Waals surface area contributed by atoms with Gasteiger partial charge in [-0.15, -0.1) is 0 Å². The van der Waals surface area contributed by atoms with Gasteiger partial charge in [0.2, 0.25) is 0 Å². The molecule has 0 heterocycles. The molecule has 1 aliphatic rings. The molecule has 1 aliphatic carbocycles. The summed E-state index contributed by atoms with van der Waals surface area (Å²) in [6.45, 7) is 6.74. The highest BCUT2D eigenvalue weighted by atomic mass is 16.3. The topological polar surface area (TPSA) is 23.5 Å². The van der Waals surface area contributed by atoms with Crippen molar-refractivity contribution < 1.29 is 5.11 Å². The monoisotopic (exact) mass is 261 g/mol. The Labute approximate surface area is 117 Å². The molecule has 106 valence electrons. The Bertz CT molecular complexity index is 413. The van der Waals surface area contributed by atoms with E-state index in [9.17, 15) is 5.11 Å². The fraction of sp³-hybridized carbons (Fsp3) is 0.647. The predicted octanol–water partition coefficient (Wildman–Crippen LogP) is 3.72. The lowest BCUT2D eigenvalue weighted by Gasteiger charge is -2.42. The van der Waals surface area contributed by atoms with Crippen molar-refractivity contribution >= 4 is 0 Å². The van der Waals surface area contributed by atoms with Crippen LogP contribution in [0.3, 0.4) is 0 Å². The minimum atomic E-state index is -0.349. The first-order valence-corrected chi connectivity index (χ1v) is 7.58. The standard InChI is InChI=1S/C17H27NO/c1-5-13(6-2)18(4)16-11-12(3)14-9-7-8-10-15(14)17(16)19/h7-10,12-13,16-17,19H,5-6,11H2,1-4H3. The second-order valence-electron chi connectivity index (χ2n) is 5.91. The highest BCUT2D eigenvalue weighted by Crippen LogP contribution is 2.40. The summed E-state index contributed by atoms with van der Waals surface area (Å²) in [5, 5.41) is 10.7. The van der Waals surface area contributed by atoms with Crippen LogP contribution >= 0.6 is 0 Å². The molecule has 0 saturated carbocycles. The molecule has 1 aromatic rings. The second-order valence-corrected chi connectivity index (χ2v) is 5.91. The van der Waals surface area contributed by atoms with Crippen molar-refractivity contribution in [1.29, 1.82) is 0 Å². The van der Waals surface area contributed by atoms with E-state index in [0.717, 1.165) is 24.8 Å². The molecule has 0 bridgehead atoms. The number of nitrogens with zero attached hydrogens (tertiary/aromatic N) is 1. The summed E-state index contributed by atoms with van der Waals surface area (Å²) < 4.78 is 0. The van der Waals surface area contributed by atoms with Gasteiger partial charge in [0, 0.05) is 12.1 Å². The summed E-state index contributed by atoms with van der Waals surface area (Å²) in [6, 6.07) is 9.17. The summed E-state index contributed by atoms with van der Waals surface area (Å²) in [4.78, 5) is 2.40. The lowest BCUT2D eigenvalue weighted by atomic mass is 9.78. The molecule has 0 amide bonds. The van der Waals surface area contributed by atoms with Gasteiger partial charge in [-0.1, -0.05) is 45.0 Å². The van der Waals surface area contributed by atoms with Crippen molar-refractivity contribution in [1.82, 2.24) is 4.90 Å². The van der Waals surface area contributed by atoms with Gasteiger partial charge in [0.05, 0.1) is 6.10 Å². The van der Waals surface area contributed by atoms with Gasteiger partial charge >= 0.3 is 0 Å². The SMILES string of the molecule is CCC(CC)N(C)C1CC(C)c2ccccc2C1O. The summed E-state index contributed by atoms with van der Waals surface area (Å²) in [6.07, 6.45) is 2.99. The Balaban J connectivity index is 2.26. The number of hydrogen-bond acceptors (Lipinski definition) is 2. The Morgan fingerprint density at radius 3 is 2.37 bits per heavy atom. The van der Waals surface area contributed by atoms with Crippen molar-refractivity contribution in [2.45, 2.75) is 64.1 Å². The van der Waals surface area contributed by atoms with Gasteiger partial charge in [-0.05, 0) is 43.4 Å². The van der Waals surface area contributed by atoms with Crippen molar-refractivity contribution in [2.24, 2.45) is 0 Å². The molecule has 1 aromatic carbocycles. The lowest BCUT2D eigenvalue weighted by Crippen LogP contribution is -2.45. The molecule has 19 heavy (non-hydrogen) atoms. The average molecular weight is 261 g/mol. The largest absolute Gasteiger partial charge is 0.387 e. The van der Waals surface area contributed by atoms with Crippen LogP contribution < -0.4 is 0 Å². The predicted molar refractivity (Wildman–Crippen MR) is 80.4 cm³/mol.